The molecule has 2 unspecified atom stereocenters. The van der Waals surface area contributed by atoms with Crippen molar-refractivity contribution in [1.82, 2.24) is 0 Å². The van der Waals surface area contributed by atoms with Gasteiger partial charge < -0.3 is 13.8 Å². The minimum Gasteiger partial charge on any atom is -0.497 e. The molecule has 0 N–H and O–H groups in total. The van der Waals surface area contributed by atoms with Gasteiger partial charge in [-0.15, -0.1) is 0 Å². The summed E-state index contributed by atoms with van der Waals surface area (Å²) < 4.78 is 48.1. The van der Waals surface area contributed by atoms with Crippen molar-refractivity contribution in [2.24, 2.45) is 71.0 Å². The molecule has 0 amide bonds. The molecular weight excluding hydrogens is 827 g/mol. The predicted molar refractivity (Wildman–Crippen MR) is 256 cm³/mol. The first-order valence-corrected chi connectivity index (χ1v) is 27.3. The van der Waals surface area contributed by atoms with Crippen LogP contribution in [0.3, 0.4) is 0 Å². The Morgan fingerprint density at radius 1 is 0.603 bits per heavy atom. The molecule has 8 nitrogen and oxygen atoms in total. The highest BCUT2D eigenvalue weighted by Crippen LogP contribution is 2.56. The van der Waals surface area contributed by atoms with Crippen LogP contribution in [0.25, 0.3) is 0 Å². The number of hydrogen-bond acceptors (Lipinski definition) is 8. The van der Waals surface area contributed by atoms with Crippen molar-refractivity contribution in [2.75, 3.05) is 7.11 Å². The molecule has 4 saturated carbocycles. The lowest BCUT2D eigenvalue weighted by atomic mass is 9.68. The minimum atomic E-state index is -1.86. The van der Waals surface area contributed by atoms with Crippen molar-refractivity contribution < 1.29 is 36.7 Å². The van der Waals surface area contributed by atoms with E-state index in [1.165, 1.54) is 32.1 Å². The Bertz CT molecular complexity index is 1700. The van der Waals surface area contributed by atoms with Crippen molar-refractivity contribution in [3.05, 3.63) is 53.6 Å². The quantitative estimate of drug-likeness (QED) is 0.129. The SMILES string of the molecule is COc1ccc(C(=O)c2ccccc2OP(O[C@@H]2C[C@H](C)CCC2C(C)C)O[C@@H]2C[C@H](C)CC[C@H]2C(C)C)c(OP2O[C@@H]3C[C@@H](CC[C@H]3C(C)C)C[C@@H]3CC[C@@H](C(C)C)[C@@H](C3)O2)c1. The number of para-hydroxylation sites is 1. The molecule has 5 aliphatic rings. The Morgan fingerprint density at radius 2 is 1.10 bits per heavy atom. The number of ether oxygens (including phenoxy) is 1. The first-order chi connectivity index (χ1) is 30.2. The first-order valence-electron chi connectivity index (χ1n) is 25.1. The summed E-state index contributed by atoms with van der Waals surface area (Å²) in [4.78, 5) is 15.2. The zero-order valence-corrected chi connectivity index (χ0v) is 42.4. The van der Waals surface area contributed by atoms with E-state index in [2.05, 4.69) is 69.2 Å². The third-order valence-corrected chi connectivity index (χ3v) is 18.5. The molecule has 7 rings (SSSR count). The number of ketones is 1. The van der Waals surface area contributed by atoms with Crippen molar-refractivity contribution in [2.45, 2.75) is 177 Å². The molecule has 4 bridgehead atoms. The smallest absolute Gasteiger partial charge is 0.397 e. The maximum Gasteiger partial charge on any atom is 0.397 e. The topological polar surface area (TPSA) is 81.7 Å². The molecule has 0 radical (unpaired) electrons. The van der Waals surface area contributed by atoms with Gasteiger partial charge in [0.25, 0.3) is 0 Å². The number of benzene rings is 2. The lowest BCUT2D eigenvalue weighted by Gasteiger charge is -2.45. The van der Waals surface area contributed by atoms with Crippen LogP contribution in [0, 0.1) is 71.0 Å². The van der Waals surface area contributed by atoms with Gasteiger partial charge in [0, 0.05) is 6.07 Å². The van der Waals surface area contributed by atoms with Crippen molar-refractivity contribution in [1.29, 1.82) is 0 Å². The van der Waals surface area contributed by atoms with Crippen LogP contribution in [0.4, 0.5) is 0 Å². The van der Waals surface area contributed by atoms with Gasteiger partial charge in [0.05, 0.1) is 42.7 Å². The van der Waals surface area contributed by atoms with Gasteiger partial charge in [0.1, 0.15) is 17.2 Å². The van der Waals surface area contributed by atoms with Gasteiger partial charge in [-0.3, -0.25) is 22.9 Å². The van der Waals surface area contributed by atoms with E-state index in [-0.39, 0.29) is 30.2 Å². The van der Waals surface area contributed by atoms with Crippen molar-refractivity contribution in [3.8, 4) is 17.2 Å². The van der Waals surface area contributed by atoms with Crippen LogP contribution in [0.15, 0.2) is 42.5 Å². The summed E-state index contributed by atoms with van der Waals surface area (Å²) in [6.07, 6.45) is 14.9. The van der Waals surface area contributed by atoms with E-state index in [1.807, 2.05) is 42.5 Å². The molecule has 10 heteroatoms. The predicted octanol–water partition coefficient (Wildman–Crippen LogP) is 15.4. The average molecular weight is 909 g/mol. The zero-order valence-electron chi connectivity index (χ0n) is 40.6. The molecule has 0 spiro atoms. The first kappa shape index (κ1) is 49.1. The Labute approximate surface area is 384 Å². The van der Waals surface area contributed by atoms with Crippen LogP contribution in [-0.4, -0.2) is 37.3 Å². The van der Waals surface area contributed by atoms with Gasteiger partial charge in [0.2, 0.25) is 5.78 Å². The Kier molecular flexibility index (Phi) is 17.4. The molecule has 1 saturated heterocycles. The average Bonchev–Trinajstić information content (AvgIpc) is 3.23. The second kappa shape index (κ2) is 22.3. The number of fused-ring (bicyclic) bond motifs is 4. The van der Waals surface area contributed by atoms with E-state index in [1.54, 1.807) is 7.11 Å². The molecule has 13 atom stereocenters. The third-order valence-electron chi connectivity index (χ3n) is 16.0. The van der Waals surface area contributed by atoms with E-state index < -0.39 is 17.2 Å². The van der Waals surface area contributed by atoms with Gasteiger partial charge in [-0.2, -0.15) is 0 Å². The van der Waals surface area contributed by atoms with Crippen LogP contribution in [-0.2, 0) is 18.1 Å². The molecule has 1 heterocycles. The van der Waals surface area contributed by atoms with Gasteiger partial charge in [-0.1, -0.05) is 94.2 Å². The summed E-state index contributed by atoms with van der Waals surface area (Å²) in [5, 5.41) is 0. The van der Waals surface area contributed by atoms with Gasteiger partial charge in [0.15, 0.2) is 0 Å². The molecule has 0 aromatic heterocycles. The fraction of sp³-hybridized carbons (Fsp3) is 0.755. The van der Waals surface area contributed by atoms with Gasteiger partial charge in [-0.25, -0.2) is 0 Å². The van der Waals surface area contributed by atoms with Gasteiger partial charge in [-0.05, 0) is 166 Å². The summed E-state index contributed by atoms with van der Waals surface area (Å²) in [7, 11) is -2.05. The summed E-state index contributed by atoms with van der Waals surface area (Å²) in [6.45, 7) is 23.2. The normalized spacial score (nSPS) is 33.6. The molecule has 1 aliphatic heterocycles. The highest BCUT2D eigenvalue weighted by Gasteiger charge is 2.44. The number of methoxy groups -OCH3 is 1. The van der Waals surface area contributed by atoms with Crippen LogP contribution >= 0.6 is 17.2 Å². The Morgan fingerprint density at radius 3 is 1.60 bits per heavy atom. The maximum absolute atomic E-state index is 15.2. The zero-order chi connectivity index (χ0) is 44.9. The molecule has 352 valence electrons. The lowest BCUT2D eigenvalue weighted by Crippen LogP contribution is -2.40. The van der Waals surface area contributed by atoms with Crippen LogP contribution in [0.2, 0.25) is 0 Å². The fourth-order valence-corrected chi connectivity index (χ4v) is 14.9. The molecule has 63 heavy (non-hydrogen) atoms. The number of rotatable bonds is 15. The second-order valence-corrected chi connectivity index (χ2v) is 24.1. The van der Waals surface area contributed by atoms with E-state index in [9.17, 15) is 0 Å². The fourth-order valence-electron chi connectivity index (χ4n) is 12.1. The lowest BCUT2D eigenvalue weighted by molar-refractivity contribution is -0.0272. The standard InChI is InChI=1S/C53H82O8P2/c1-32(2)41-21-16-36(9)26-48(41)57-62(58-49-27-37(10)17-22-42(49)33(3)4)56-47-15-13-12-14-45(47)53(54)46-25-20-40(55-11)31-52(46)61-63-59-50-29-38(18-23-43(50)34(5)6)28-39-19-24-44(35(7)8)51(30-39)60-63/h12-15,20,25,31-39,41-44,48-51H,16-19,21-24,26-30H2,1-11H3/t36-,37-,38+,39+,41+,42?,43+,44+,48-,49-,50-,51-,62?/m1/s1. The third kappa shape index (κ3) is 12.4. The number of carbonyl (C=O) groups is 1. The van der Waals surface area contributed by atoms with E-state index in [0.29, 0.717) is 99.4 Å². The van der Waals surface area contributed by atoms with E-state index >= 15 is 4.79 Å². The number of hydrogen-bond donors (Lipinski definition) is 0. The highest BCUT2D eigenvalue weighted by atomic mass is 31.2. The summed E-state index contributed by atoms with van der Waals surface area (Å²) in [5.74, 6) is 7.31. The van der Waals surface area contributed by atoms with Crippen molar-refractivity contribution >= 4 is 23.0 Å². The van der Waals surface area contributed by atoms with Crippen LogP contribution in [0.5, 0.6) is 17.2 Å². The van der Waals surface area contributed by atoms with Crippen molar-refractivity contribution in [3.63, 3.8) is 0 Å². The monoisotopic (exact) mass is 909 g/mol. The number of carbonyl (C=O) groups excluding carboxylic acids is 1. The largest absolute Gasteiger partial charge is 0.497 e. The summed E-state index contributed by atoms with van der Waals surface area (Å²) >= 11 is 0. The Hall–Kier alpha value is -1.79. The summed E-state index contributed by atoms with van der Waals surface area (Å²) in [5.41, 5.74) is 0.850. The van der Waals surface area contributed by atoms with E-state index in [4.69, 9.17) is 31.9 Å². The molecule has 2 aromatic rings. The van der Waals surface area contributed by atoms with Crippen LogP contribution < -0.4 is 13.8 Å². The molecule has 5 fully saturated rings. The summed E-state index contributed by atoms with van der Waals surface area (Å²) in [6, 6.07) is 13.0. The second-order valence-electron chi connectivity index (χ2n) is 22.0. The maximum atomic E-state index is 15.2. The molecule has 4 aliphatic carbocycles. The Balaban J connectivity index is 1.21. The molecule has 2 aromatic carbocycles. The highest BCUT2D eigenvalue weighted by molar-refractivity contribution is 7.42. The minimum absolute atomic E-state index is 0.0203. The van der Waals surface area contributed by atoms with Crippen LogP contribution in [0.1, 0.15) is 169 Å². The molecular formula is C53H82O8P2. The van der Waals surface area contributed by atoms with E-state index in [0.717, 1.165) is 51.4 Å². The van der Waals surface area contributed by atoms with Gasteiger partial charge >= 0.3 is 17.2 Å².